The van der Waals surface area contributed by atoms with E-state index in [0.717, 1.165) is 28.8 Å². The number of nitrogens with zero attached hydrogens (tertiary/aromatic N) is 4. The Morgan fingerprint density at radius 1 is 0.828 bits per heavy atom. The lowest BCUT2D eigenvalue weighted by Crippen LogP contribution is -2.08. The minimum Gasteiger partial charge on any atom is -0.339 e. The number of rotatable bonds is 6. The lowest BCUT2D eigenvalue weighted by molar-refractivity contribution is 0.795. The maximum Gasteiger partial charge on any atom is 0.148 e. The molecule has 0 aliphatic rings. The van der Waals surface area contributed by atoms with Crippen molar-refractivity contribution in [2.75, 3.05) is 5.32 Å². The van der Waals surface area contributed by atoms with Gasteiger partial charge in [-0.1, -0.05) is 30.3 Å². The van der Waals surface area contributed by atoms with Crippen LogP contribution in [0.1, 0.15) is 28.2 Å². The Labute approximate surface area is 169 Å². The van der Waals surface area contributed by atoms with E-state index < -0.39 is 0 Å². The first-order chi connectivity index (χ1) is 14.3. The predicted octanol–water partition coefficient (Wildman–Crippen LogP) is 4.86. The number of nitrogens with one attached hydrogen (secondary N) is 1. The molecular formula is C24H19N5. The molecule has 0 amide bonds. The fourth-order valence-electron chi connectivity index (χ4n) is 3.36. The molecule has 3 aromatic heterocycles. The van der Waals surface area contributed by atoms with Gasteiger partial charge in [-0.25, -0.2) is 4.98 Å². The van der Waals surface area contributed by atoms with E-state index >= 15 is 0 Å². The standard InChI is InChI=1S/C24H19N5/c25-15-19-7-5-13-28-24(19)29-23-10-2-1-6-18(23)14-22(20-8-3-11-26-16-20)21-9-4-12-27-17-21/h1-13,16-17,22H,14H2,(H,28,29). The van der Waals surface area contributed by atoms with Gasteiger partial charge < -0.3 is 5.32 Å². The summed E-state index contributed by atoms with van der Waals surface area (Å²) in [5, 5.41) is 12.7. The van der Waals surface area contributed by atoms with Crippen LogP contribution in [0.4, 0.5) is 11.5 Å². The first-order valence-corrected chi connectivity index (χ1v) is 9.35. The molecule has 4 aromatic rings. The molecule has 0 unspecified atom stereocenters. The van der Waals surface area contributed by atoms with Gasteiger partial charge in [-0.2, -0.15) is 5.26 Å². The molecule has 0 atom stereocenters. The number of para-hydroxylation sites is 1. The van der Waals surface area contributed by atoms with Crippen LogP contribution >= 0.6 is 0 Å². The zero-order valence-electron chi connectivity index (χ0n) is 15.7. The van der Waals surface area contributed by atoms with Crippen molar-refractivity contribution in [3.05, 3.63) is 114 Å². The molecule has 0 saturated heterocycles. The van der Waals surface area contributed by atoms with Gasteiger partial charge in [0.15, 0.2) is 0 Å². The molecule has 5 heteroatoms. The van der Waals surface area contributed by atoms with Crippen molar-refractivity contribution in [2.45, 2.75) is 12.3 Å². The number of aromatic nitrogens is 3. The zero-order valence-corrected chi connectivity index (χ0v) is 15.7. The van der Waals surface area contributed by atoms with E-state index in [2.05, 4.69) is 44.5 Å². The Morgan fingerprint density at radius 3 is 2.17 bits per heavy atom. The van der Waals surface area contributed by atoms with Crippen molar-refractivity contribution in [1.82, 2.24) is 15.0 Å². The molecule has 5 nitrogen and oxygen atoms in total. The molecule has 1 aromatic carbocycles. The van der Waals surface area contributed by atoms with Crippen LogP contribution in [0.15, 0.2) is 91.6 Å². The third kappa shape index (κ3) is 4.28. The summed E-state index contributed by atoms with van der Waals surface area (Å²) in [6.45, 7) is 0. The van der Waals surface area contributed by atoms with E-state index in [-0.39, 0.29) is 5.92 Å². The van der Waals surface area contributed by atoms with Crippen LogP contribution in [0.3, 0.4) is 0 Å². The number of hydrogen-bond donors (Lipinski definition) is 1. The summed E-state index contributed by atoms with van der Waals surface area (Å²) in [6, 6.07) is 21.9. The second-order valence-corrected chi connectivity index (χ2v) is 6.62. The monoisotopic (exact) mass is 377 g/mol. The summed E-state index contributed by atoms with van der Waals surface area (Å²) in [5.41, 5.74) is 4.83. The highest BCUT2D eigenvalue weighted by molar-refractivity contribution is 5.65. The molecule has 4 rings (SSSR count). The molecule has 0 spiro atoms. The van der Waals surface area contributed by atoms with Gasteiger partial charge in [-0.05, 0) is 53.4 Å². The third-order valence-corrected chi connectivity index (χ3v) is 4.80. The van der Waals surface area contributed by atoms with Gasteiger partial charge in [0, 0.05) is 42.6 Å². The fraction of sp³-hybridized carbons (Fsp3) is 0.0833. The van der Waals surface area contributed by atoms with Crippen molar-refractivity contribution in [2.24, 2.45) is 0 Å². The smallest absolute Gasteiger partial charge is 0.148 e. The van der Waals surface area contributed by atoms with E-state index in [1.54, 1.807) is 30.7 Å². The van der Waals surface area contributed by atoms with Gasteiger partial charge in [0.1, 0.15) is 11.9 Å². The lowest BCUT2D eigenvalue weighted by atomic mass is 9.87. The third-order valence-electron chi connectivity index (χ3n) is 4.80. The normalized spacial score (nSPS) is 10.5. The van der Waals surface area contributed by atoms with E-state index in [4.69, 9.17) is 0 Å². The molecule has 0 saturated carbocycles. The maximum atomic E-state index is 9.36. The van der Waals surface area contributed by atoms with Crippen LogP contribution in [-0.4, -0.2) is 15.0 Å². The maximum absolute atomic E-state index is 9.36. The van der Waals surface area contributed by atoms with Gasteiger partial charge in [0.05, 0.1) is 5.56 Å². The van der Waals surface area contributed by atoms with E-state index in [0.29, 0.717) is 11.4 Å². The van der Waals surface area contributed by atoms with Gasteiger partial charge in [-0.3, -0.25) is 9.97 Å². The molecule has 1 N–H and O–H groups in total. The largest absolute Gasteiger partial charge is 0.339 e. The average molecular weight is 377 g/mol. The number of nitriles is 1. The van der Waals surface area contributed by atoms with E-state index in [1.165, 1.54) is 0 Å². The number of hydrogen-bond acceptors (Lipinski definition) is 5. The predicted molar refractivity (Wildman–Crippen MR) is 113 cm³/mol. The van der Waals surface area contributed by atoms with Crippen molar-refractivity contribution >= 4 is 11.5 Å². The molecule has 0 aliphatic heterocycles. The minimum atomic E-state index is 0.111. The first-order valence-electron chi connectivity index (χ1n) is 9.35. The molecule has 0 bridgehead atoms. The zero-order chi connectivity index (χ0) is 19.9. The van der Waals surface area contributed by atoms with Crippen LogP contribution in [0, 0.1) is 11.3 Å². The van der Waals surface area contributed by atoms with E-state index in [1.807, 2.05) is 42.7 Å². The van der Waals surface area contributed by atoms with Gasteiger partial charge in [0.2, 0.25) is 0 Å². The Bertz CT molecular complexity index is 1080. The van der Waals surface area contributed by atoms with Crippen molar-refractivity contribution < 1.29 is 0 Å². The number of anilines is 2. The van der Waals surface area contributed by atoms with E-state index in [9.17, 15) is 5.26 Å². The van der Waals surface area contributed by atoms with Crippen molar-refractivity contribution in [3.8, 4) is 6.07 Å². The number of pyridine rings is 3. The molecule has 140 valence electrons. The Balaban J connectivity index is 1.70. The second kappa shape index (κ2) is 8.77. The molecule has 0 fully saturated rings. The summed E-state index contributed by atoms with van der Waals surface area (Å²) in [6.07, 6.45) is 9.81. The SMILES string of the molecule is N#Cc1cccnc1Nc1ccccc1CC(c1cccnc1)c1cccnc1. The van der Waals surface area contributed by atoms with Gasteiger partial charge >= 0.3 is 0 Å². The fourth-order valence-corrected chi connectivity index (χ4v) is 3.36. The molecule has 0 radical (unpaired) electrons. The second-order valence-electron chi connectivity index (χ2n) is 6.62. The molecule has 0 aliphatic carbocycles. The Morgan fingerprint density at radius 2 is 1.52 bits per heavy atom. The van der Waals surface area contributed by atoms with Crippen molar-refractivity contribution in [1.29, 1.82) is 5.26 Å². The van der Waals surface area contributed by atoms with Crippen LogP contribution in [0.5, 0.6) is 0 Å². The highest BCUT2D eigenvalue weighted by Crippen LogP contribution is 2.31. The summed E-state index contributed by atoms with van der Waals surface area (Å²) in [5.74, 6) is 0.668. The highest BCUT2D eigenvalue weighted by Gasteiger charge is 2.17. The topological polar surface area (TPSA) is 74.5 Å². The Hall–Kier alpha value is -4.04. The summed E-state index contributed by atoms with van der Waals surface area (Å²) < 4.78 is 0. The van der Waals surface area contributed by atoms with Gasteiger partial charge in [0.25, 0.3) is 0 Å². The quantitative estimate of drug-likeness (QED) is 0.519. The average Bonchev–Trinajstić information content (AvgIpc) is 2.80. The van der Waals surface area contributed by atoms with Crippen molar-refractivity contribution in [3.63, 3.8) is 0 Å². The summed E-state index contributed by atoms with van der Waals surface area (Å²) in [7, 11) is 0. The molecule has 3 heterocycles. The molecule has 29 heavy (non-hydrogen) atoms. The highest BCUT2D eigenvalue weighted by atomic mass is 15.0. The van der Waals surface area contributed by atoms with Crippen LogP contribution in [0.2, 0.25) is 0 Å². The summed E-state index contributed by atoms with van der Waals surface area (Å²) >= 11 is 0. The first kappa shape index (κ1) is 18.3. The Kier molecular flexibility index (Phi) is 5.54. The van der Waals surface area contributed by atoms with Gasteiger partial charge in [-0.15, -0.1) is 0 Å². The van der Waals surface area contributed by atoms with Crippen LogP contribution < -0.4 is 5.32 Å². The lowest BCUT2D eigenvalue weighted by Gasteiger charge is -2.20. The van der Waals surface area contributed by atoms with Crippen LogP contribution in [-0.2, 0) is 6.42 Å². The van der Waals surface area contributed by atoms with Crippen LogP contribution in [0.25, 0.3) is 0 Å². The minimum absolute atomic E-state index is 0.111. The summed E-state index contributed by atoms with van der Waals surface area (Å²) in [4.78, 5) is 12.9. The molecular weight excluding hydrogens is 358 g/mol. The number of benzene rings is 1.